The van der Waals surface area contributed by atoms with E-state index in [1.54, 1.807) is 0 Å². The maximum atomic E-state index is 10.7. The number of hydrogen-bond acceptors (Lipinski definition) is 3. The summed E-state index contributed by atoms with van der Waals surface area (Å²) in [6.07, 6.45) is 19.7. The van der Waals surface area contributed by atoms with Crippen LogP contribution in [0.4, 0.5) is 0 Å². The fraction of sp³-hybridized carbons (Fsp3) is 0.958. The molecule has 0 N–H and O–H groups in total. The Morgan fingerprint density at radius 2 is 1.10 bits per heavy atom. The second-order valence-corrected chi connectivity index (χ2v) is 8.93. The number of halogens is 1. The third-order valence-electron chi connectivity index (χ3n) is 5.49. The number of carbonyl (C=O) groups excluding carboxylic acids is 1. The number of nitrogens with zero attached hydrogens (tertiary/aromatic N) is 1. The first kappa shape index (κ1) is 30.9. The van der Waals surface area contributed by atoms with Crippen LogP contribution in [0, 0.1) is 0 Å². The molecule has 0 fully saturated rings. The molecule has 0 bridgehead atoms. The molecule has 0 aliphatic carbocycles. The number of ether oxygens (including phenoxy) is 2. The predicted octanol–water partition coefficient (Wildman–Crippen LogP) is 3.13. The van der Waals surface area contributed by atoms with Crippen molar-refractivity contribution in [3.8, 4) is 0 Å². The normalized spacial score (nSPS) is 11.3. The minimum atomic E-state index is -0.238. The van der Waals surface area contributed by atoms with Crippen molar-refractivity contribution in [1.82, 2.24) is 0 Å². The lowest BCUT2D eigenvalue weighted by molar-refractivity contribution is -0.891. The topological polar surface area (TPSA) is 35.5 Å². The van der Waals surface area contributed by atoms with Gasteiger partial charge in [0, 0.05) is 6.92 Å². The number of unbranched alkanes of at least 4 members (excludes halogenated alkanes) is 13. The molecule has 0 saturated heterocycles. The number of likely N-dealkylation sites (N-methyl/N-ethyl adjacent to an activating group) is 1. The summed E-state index contributed by atoms with van der Waals surface area (Å²) in [5.41, 5.74) is 0. The number of rotatable bonds is 21. The number of quaternary nitrogens is 1. The molecular weight excluding hydrogens is 386 g/mol. The minimum Gasteiger partial charge on any atom is -1.00 e. The highest BCUT2D eigenvalue weighted by molar-refractivity contribution is 5.65. The highest BCUT2D eigenvalue weighted by Gasteiger charge is 2.13. The smallest absolute Gasteiger partial charge is 0.302 e. The van der Waals surface area contributed by atoms with Crippen LogP contribution >= 0.6 is 0 Å². The third-order valence-corrected chi connectivity index (χ3v) is 5.49. The number of carbonyl (C=O) groups is 1. The van der Waals surface area contributed by atoms with Gasteiger partial charge in [-0.05, 0) is 12.8 Å². The van der Waals surface area contributed by atoms with Crippen molar-refractivity contribution in [2.45, 2.75) is 104 Å². The fourth-order valence-corrected chi connectivity index (χ4v) is 3.50. The lowest BCUT2D eigenvalue weighted by Crippen LogP contribution is -3.00. The zero-order valence-electron chi connectivity index (χ0n) is 20.0. The Hall–Kier alpha value is -0.320. The van der Waals surface area contributed by atoms with Gasteiger partial charge in [0.25, 0.3) is 0 Å². The second kappa shape index (κ2) is 22.4. The van der Waals surface area contributed by atoms with Crippen LogP contribution in [0.1, 0.15) is 104 Å². The third kappa shape index (κ3) is 25.6. The minimum absolute atomic E-state index is 0. The van der Waals surface area contributed by atoms with E-state index in [9.17, 15) is 4.79 Å². The van der Waals surface area contributed by atoms with E-state index in [1.807, 2.05) is 0 Å². The summed E-state index contributed by atoms with van der Waals surface area (Å²) in [6.45, 7) is 7.53. The van der Waals surface area contributed by atoms with Crippen LogP contribution in [0.3, 0.4) is 0 Å². The zero-order valence-corrected chi connectivity index (χ0v) is 20.7. The molecule has 0 aliphatic heterocycles. The van der Waals surface area contributed by atoms with Gasteiger partial charge in [-0.2, -0.15) is 0 Å². The van der Waals surface area contributed by atoms with Crippen molar-refractivity contribution in [3.05, 3.63) is 0 Å². The summed E-state index contributed by atoms with van der Waals surface area (Å²) in [6, 6.07) is 0. The van der Waals surface area contributed by atoms with Crippen LogP contribution in [-0.4, -0.2) is 57.5 Å². The summed E-state index contributed by atoms with van der Waals surface area (Å²) >= 11 is 0. The molecule has 5 heteroatoms. The Bertz CT molecular complexity index is 351. The SMILES string of the molecule is CCCCCCCCCCCCCCCC[N+](C)(C)CCOCCOC(C)=O.[Cl-]. The summed E-state index contributed by atoms with van der Waals surface area (Å²) in [5.74, 6) is -0.238. The van der Waals surface area contributed by atoms with Crippen LogP contribution in [0.2, 0.25) is 0 Å². The van der Waals surface area contributed by atoms with Crippen molar-refractivity contribution in [3.63, 3.8) is 0 Å². The summed E-state index contributed by atoms with van der Waals surface area (Å²) in [7, 11) is 4.55. The van der Waals surface area contributed by atoms with E-state index in [4.69, 9.17) is 9.47 Å². The van der Waals surface area contributed by atoms with E-state index in [1.165, 1.54) is 103 Å². The van der Waals surface area contributed by atoms with Gasteiger partial charge in [0.1, 0.15) is 13.2 Å². The first-order valence-electron chi connectivity index (χ1n) is 12.0. The van der Waals surface area contributed by atoms with E-state index < -0.39 is 0 Å². The Morgan fingerprint density at radius 1 is 0.655 bits per heavy atom. The van der Waals surface area contributed by atoms with Crippen molar-refractivity contribution in [1.29, 1.82) is 0 Å². The van der Waals surface area contributed by atoms with Crippen LogP contribution in [-0.2, 0) is 14.3 Å². The number of esters is 1. The Labute approximate surface area is 188 Å². The molecule has 0 unspecified atom stereocenters. The maximum Gasteiger partial charge on any atom is 0.302 e. The first-order chi connectivity index (χ1) is 13.5. The van der Waals surface area contributed by atoms with Crippen molar-refractivity contribution in [2.75, 3.05) is 47.0 Å². The second-order valence-electron chi connectivity index (χ2n) is 8.93. The number of hydrogen-bond donors (Lipinski definition) is 0. The Morgan fingerprint density at radius 3 is 1.55 bits per heavy atom. The average molecular weight is 436 g/mol. The van der Waals surface area contributed by atoms with Crippen LogP contribution in [0.5, 0.6) is 0 Å². The molecule has 0 aromatic carbocycles. The van der Waals surface area contributed by atoms with Crippen molar-refractivity contribution in [2.24, 2.45) is 0 Å². The highest BCUT2D eigenvalue weighted by atomic mass is 35.5. The fourth-order valence-electron chi connectivity index (χ4n) is 3.50. The van der Waals surface area contributed by atoms with Crippen molar-refractivity contribution >= 4 is 5.97 Å². The van der Waals surface area contributed by atoms with E-state index >= 15 is 0 Å². The van der Waals surface area contributed by atoms with E-state index in [-0.39, 0.29) is 18.4 Å². The van der Waals surface area contributed by atoms with Gasteiger partial charge in [-0.3, -0.25) is 4.79 Å². The van der Waals surface area contributed by atoms with Gasteiger partial charge in [0.2, 0.25) is 0 Å². The van der Waals surface area contributed by atoms with Gasteiger partial charge in [0.15, 0.2) is 0 Å². The van der Waals surface area contributed by atoms with Crippen molar-refractivity contribution < 1.29 is 31.2 Å². The van der Waals surface area contributed by atoms with Gasteiger partial charge in [-0.1, -0.05) is 84.0 Å². The van der Waals surface area contributed by atoms with Crippen LogP contribution in [0.15, 0.2) is 0 Å². The van der Waals surface area contributed by atoms with Crippen LogP contribution in [0.25, 0.3) is 0 Å². The Balaban J connectivity index is 0. The Kier molecular flexibility index (Phi) is 23.8. The quantitative estimate of drug-likeness (QED) is 0.158. The van der Waals surface area contributed by atoms with E-state index in [0.717, 1.165) is 17.6 Å². The molecule has 0 rings (SSSR count). The molecule has 0 spiro atoms. The maximum absolute atomic E-state index is 10.7. The molecule has 0 saturated carbocycles. The molecule has 176 valence electrons. The van der Waals surface area contributed by atoms with Gasteiger partial charge < -0.3 is 26.4 Å². The van der Waals surface area contributed by atoms with Gasteiger partial charge >= 0.3 is 5.97 Å². The summed E-state index contributed by atoms with van der Waals surface area (Å²) in [4.78, 5) is 10.7. The largest absolute Gasteiger partial charge is 1.00 e. The first-order valence-corrected chi connectivity index (χ1v) is 12.0. The molecule has 0 aromatic heterocycles. The molecule has 0 heterocycles. The predicted molar refractivity (Wildman–Crippen MR) is 120 cm³/mol. The monoisotopic (exact) mass is 435 g/mol. The lowest BCUT2D eigenvalue weighted by atomic mass is 10.0. The average Bonchev–Trinajstić information content (AvgIpc) is 2.64. The summed E-state index contributed by atoms with van der Waals surface area (Å²) in [5, 5.41) is 0. The molecule has 0 atom stereocenters. The van der Waals surface area contributed by atoms with Gasteiger partial charge in [0.05, 0.1) is 33.9 Å². The highest BCUT2D eigenvalue weighted by Crippen LogP contribution is 2.13. The molecular formula is C24H50ClNO3. The molecule has 0 amide bonds. The lowest BCUT2D eigenvalue weighted by Gasteiger charge is -2.29. The van der Waals surface area contributed by atoms with E-state index in [0.29, 0.717) is 13.2 Å². The van der Waals surface area contributed by atoms with Gasteiger partial charge in [-0.15, -0.1) is 0 Å². The molecule has 4 nitrogen and oxygen atoms in total. The standard InChI is InChI=1S/C24H50NO3.ClH/c1-5-6-7-8-9-10-11-12-13-14-15-16-17-18-19-25(3,4)20-21-27-22-23-28-24(2)26;/h5-23H2,1-4H3;1H/q+1;/p-1. The molecule has 29 heavy (non-hydrogen) atoms. The summed E-state index contributed by atoms with van der Waals surface area (Å²) < 4.78 is 11.4. The van der Waals surface area contributed by atoms with Gasteiger partial charge in [-0.25, -0.2) is 0 Å². The molecule has 0 aliphatic rings. The zero-order chi connectivity index (χ0) is 20.9. The van der Waals surface area contributed by atoms with E-state index in [2.05, 4.69) is 21.0 Å². The molecule has 0 radical (unpaired) electrons. The van der Waals surface area contributed by atoms with Crippen LogP contribution < -0.4 is 12.4 Å². The molecule has 0 aromatic rings.